The Bertz CT molecular complexity index is 393. The van der Waals surface area contributed by atoms with Crippen LogP contribution in [0.15, 0.2) is 6.33 Å². The molecule has 0 radical (unpaired) electrons. The number of methoxy groups -OCH3 is 1. The maximum Gasteiger partial charge on any atom is 0.204 e. The van der Waals surface area contributed by atoms with Gasteiger partial charge in [0.25, 0.3) is 0 Å². The summed E-state index contributed by atoms with van der Waals surface area (Å²) in [6.45, 7) is 6.12. The van der Waals surface area contributed by atoms with Crippen molar-refractivity contribution >= 4 is 11.6 Å². The van der Waals surface area contributed by atoms with E-state index in [1.807, 2.05) is 0 Å². The van der Waals surface area contributed by atoms with E-state index >= 15 is 0 Å². The van der Waals surface area contributed by atoms with Crippen LogP contribution in [-0.2, 0) is 0 Å². The number of ether oxygens (including phenoxy) is 1. The normalized spacial score (nSPS) is 14.4. The number of rotatable bonds is 7. The van der Waals surface area contributed by atoms with Crippen LogP contribution in [0.4, 0.5) is 11.6 Å². The topological polar surface area (TPSA) is 50.3 Å². The van der Waals surface area contributed by atoms with Gasteiger partial charge < -0.3 is 15.0 Å². The molecule has 1 aliphatic rings. The molecular weight excluding hydrogens is 228 g/mol. The number of nitrogens with zero attached hydrogens (tertiary/aromatic N) is 3. The standard InChI is InChI=1S/C13H22N4O/c1-4-8-14-12-11(18-3)13(16-9-15-12)17(5-2)10-6-7-10/h9-10H,4-8H2,1-3H3,(H,14,15,16). The lowest BCUT2D eigenvalue weighted by Crippen LogP contribution is -2.27. The molecule has 2 rings (SSSR count). The second-order valence-electron chi connectivity index (χ2n) is 4.52. The molecule has 1 N–H and O–H groups in total. The van der Waals surface area contributed by atoms with Crippen LogP contribution in [0.1, 0.15) is 33.1 Å². The van der Waals surface area contributed by atoms with Crippen LogP contribution in [0.5, 0.6) is 5.75 Å². The highest BCUT2D eigenvalue weighted by Gasteiger charge is 2.31. The molecule has 0 aromatic carbocycles. The first-order valence-corrected chi connectivity index (χ1v) is 6.71. The molecule has 0 unspecified atom stereocenters. The van der Waals surface area contributed by atoms with E-state index in [2.05, 4.69) is 34.0 Å². The van der Waals surface area contributed by atoms with E-state index in [4.69, 9.17) is 4.74 Å². The van der Waals surface area contributed by atoms with Gasteiger partial charge in [-0.05, 0) is 26.2 Å². The van der Waals surface area contributed by atoms with Crippen molar-refractivity contribution in [2.75, 3.05) is 30.4 Å². The zero-order chi connectivity index (χ0) is 13.0. The molecule has 100 valence electrons. The molecular formula is C13H22N4O. The molecule has 1 heterocycles. The molecule has 5 nitrogen and oxygen atoms in total. The Morgan fingerprint density at radius 3 is 2.72 bits per heavy atom. The van der Waals surface area contributed by atoms with Crippen molar-refractivity contribution in [3.8, 4) is 5.75 Å². The van der Waals surface area contributed by atoms with Gasteiger partial charge in [-0.1, -0.05) is 6.92 Å². The summed E-state index contributed by atoms with van der Waals surface area (Å²) >= 11 is 0. The first-order chi connectivity index (χ1) is 8.81. The maximum atomic E-state index is 5.51. The lowest BCUT2D eigenvalue weighted by molar-refractivity contribution is 0.412. The second-order valence-corrected chi connectivity index (χ2v) is 4.52. The zero-order valence-corrected chi connectivity index (χ0v) is 11.4. The molecule has 0 bridgehead atoms. The van der Waals surface area contributed by atoms with Gasteiger partial charge in [-0.25, -0.2) is 9.97 Å². The van der Waals surface area contributed by atoms with Crippen LogP contribution in [0.2, 0.25) is 0 Å². The van der Waals surface area contributed by atoms with Crippen LogP contribution in [-0.4, -0.2) is 36.2 Å². The van der Waals surface area contributed by atoms with Crippen LogP contribution < -0.4 is 15.0 Å². The summed E-state index contributed by atoms with van der Waals surface area (Å²) in [5, 5.41) is 3.29. The number of anilines is 2. The molecule has 1 aliphatic carbocycles. The lowest BCUT2D eigenvalue weighted by atomic mass is 10.3. The molecule has 0 spiro atoms. The minimum absolute atomic E-state index is 0.623. The molecule has 1 aromatic rings. The summed E-state index contributed by atoms with van der Waals surface area (Å²) in [4.78, 5) is 11.0. The smallest absolute Gasteiger partial charge is 0.204 e. The van der Waals surface area contributed by atoms with E-state index in [0.29, 0.717) is 6.04 Å². The lowest BCUT2D eigenvalue weighted by Gasteiger charge is -2.24. The van der Waals surface area contributed by atoms with E-state index in [0.717, 1.165) is 36.9 Å². The quantitative estimate of drug-likeness (QED) is 0.804. The minimum atomic E-state index is 0.623. The third-order valence-corrected chi connectivity index (χ3v) is 3.13. The Balaban J connectivity index is 2.27. The molecule has 0 atom stereocenters. The first kappa shape index (κ1) is 12.9. The van der Waals surface area contributed by atoms with Gasteiger partial charge in [0.2, 0.25) is 5.75 Å². The van der Waals surface area contributed by atoms with Gasteiger partial charge >= 0.3 is 0 Å². The number of nitrogens with one attached hydrogen (secondary N) is 1. The molecule has 0 saturated heterocycles. The van der Waals surface area contributed by atoms with Crippen LogP contribution >= 0.6 is 0 Å². The largest absolute Gasteiger partial charge is 0.490 e. The summed E-state index contributed by atoms with van der Waals surface area (Å²) in [7, 11) is 1.68. The van der Waals surface area contributed by atoms with E-state index in [1.165, 1.54) is 12.8 Å². The average Bonchev–Trinajstić information content (AvgIpc) is 3.22. The van der Waals surface area contributed by atoms with E-state index in [1.54, 1.807) is 13.4 Å². The summed E-state index contributed by atoms with van der Waals surface area (Å²) in [6, 6.07) is 0.623. The minimum Gasteiger partial charge on any atom is -0.490 e. The Hall–Kier alpha value is -1.52. The molecule has 0 aliphatic heterocycles. The van der Waals surface area contributed by atoms with Crippen molar-refractivity contribution in [2.24, 2.45) is 0 Å². The highest BCUT2D eigenvalue weighted by molar-refractivity contribution is 5.65. The van der Waals surface area contributed by atoms with Crippen molar-refractivity contribution in [3.63, 3.8) is 0 Å². The van der Waals surface area contributed by atoms with Gasteiger partial charge in [-0.15, -0.1) is 0 Å². The van der Waals surface area contributed by atoms with Crippen LogP contribution in [0, 0.1) is 0 Å². The van der Waals surface area contributed by atoms with Crippen LogP contribution in [0.25, 0.3) is 0 Å². The monoisotopic (exact) mass is 250 g/mol. The molecule has 18 heavy (non-hydrogen) atoms. The molecule has 1 saturated carbocycles. The van der Waals surface area contributed by atoms with Crippen molar-refractivity contribution in [3.05, 3.63) is 6.33 Å². The predicted octanol–water partition coefficient (Wildman–Crippen LogP) is 2.30. The van der Waals surface area contributed by atoms with E-state index in [-0.39, 0.29) is 0 Å². The maximum absolute atomic E-state index is 5.51. The van der Waals surface area contributed by atoms with Crippen molar-refractivity contribution in [2.45, 2.75) is 39.2 Å². The molecule has 0 amide bonds. The Morgan fingerprint density at radius 1 is 1.39 bits per heavy atom. The summed E-state index contributed by atoms with van der Waals surface area (Å²) in [5.41, 5.74) is 0. The van der Waals surface area contributed by atoms with Crippen molar-refractivity contribution < 1.29 is 4.74 Å². The Kier molecular flexibility index (Phi) is 4.23. The SMILES string of the molecule is CCCNc1ncnc(N(CC)C2CC2)c1OC. The number of aromatic nitrogens is 2. The van der Waals surface area contributed by atoms with Gasteiger partial charge in [0, 0.05) is 19.1 Å². The second kappa shape index (κ2) is 5.89. The number of hydrogen-bond donors (Lipinski definition) is 1. The first-order valence-electron chi connectivity index (χ1n) is 6.71. The Morgan fingerprint density at radius 2 is 2.17 bits per heavy atom. The van der Waals surface area contributed by atoms with Gasteiger partial charge in [0.05, 0.1) is 7.11 Å². The highest BCUT2D eigenvalue weighted by atomic mass is 16.5. The summed E-state index contributed by atoms with van der Waals surface area (Å²) in [6.07, 6.45) is 5.17. The third-order valence-electron chi connectivity index (χ3n) is 3.13. The molecule has 5 heteroatoms. The molecule has 1 fully saturated rings. The fourth-order valence-corrected chi connectivity index (χ4v) is 2.09. The number of hydrogen-bond acceptors (Lipinski definition) is 5. The van der Waals surface area contributed by atoms with Crippen LogP contribution in [0.3, 0.4) is 0 Å². The average molecular weight is 250 g/mol. The third kappa shape index (κ3) is 2.66. The summed E-state index contributed by atoms with van der Waals surface area (Å²) < 4.78 is 5.51. The van der Waals surface area contributed by atoms with Crippen molar-refractivity contribution in [1.29, 1.82) is 0 Å². The van der Waals surface area contributed by atoms with Gasteiger partial charge in [0.15, 0.2) is 11.6 Å². The van der Waals surface area contributed by atoms with Gasteiger partial charge in [0.1, 0.15) is 6.33 Å². The van der Waals surface area contributed by atoms with Gasteiger partial charge in [-0.3, -0.25) is 0 Å². The molecule has 1 aromatic heterocycles. The zero-order valence-electron chi connectivity index (χ0n) is 11.4. The predicted molar refractivity (Wildman–Crippen MR) is 73.4 cm³/mol. The fraction of sp³-hybridized carbons (Fsp3) is 0.692. The van der Waals surface area contributed by atoms with Crippen molar-refractivity contribution in [1.82, 2.24) is 9.97 Å². The van der Waals surface area contributed by atoms with E-state index < -0.39 is 0 Å². The Labute approximate surface area is 109 Å². The van der Waals surface area contributed by atoms with E-state index in [9.17, 15) is 0 Å². The highest BCUT2D eigenvalue weighted by Crippen LogP contribution is 2.38. The fourth-order valence-electron chi connectivity index (χ4n) is 2.09. The summed E-state index contributed by atoms with van der Waals surface area (Å²) in [5.74, 6) is 2.47. The van der Waals surface area contributed by atoms with Gasteiger partial charge in [-0.2, -0.15) is 0 Å².